The Labute approximate surface area is 101 Å². The van der Waals surface area contributed by atoms with Crippen LogP contribution < -0.4 is 0 Å². The second-order valence-corrected chi connectivity index (χ2v) is 5.26. The summed E-state index contributed by atoms with van der Waals surface area (Å²) >= 11 is 0. The smallest absolute Gasteiger partial charge is 0.169 e. The number of hydrogen-bond donors (Lipinski definition) is 0. The Balaban J connectivity index is 1.58. The van der Waals surface area contributed by atoms with Crippen LogP contribution in [0.15, 0.2) is 12.7 Å². The van der Waals surface area contributed by atoms with E-state index in [2.05, 4.69) is 17.0 Å². The maximum Gasteiger partial charge on any atom is 0.169 e. The van der Waals surface area contributed by atoms with Gasteiger partial charge in [0.2, 0.25) is 0 Å². The normalized spacial score (nSPS) is 37.7. The first-order chi connectivity index (χ1) is 8.26. The molecule has 5 heteroatoms. The van der Waals surface area contributed by atoms with Crippen molar-refractivity contribution in [2.75, 3.05) is 6.61 Å². The molecule has 3 rings (SSSR count). The van der Waals surface area contributed by atoms with Crippen molar-refractivity contribution in [1.29, 1.82) is 0 Å². The zero-order valence-electron chi connectivity index (χ0n) is 10.2. The molecule has 2 heterocycles. The first-order valence-electron chi connectivity index (χ1n) is 6.40. The van der Waals surface area contributed by atoms with Crippen molar-refractivity contribution in [3.8, 4) is 0 Å². The third-order valence-electron chi connectivity index (χ3n) is 3.81. The van der Waals surface area contributed by atoms with Crippen LogP contribution in [0, 0.1) is 5.92 Å². The van der Waals surface area contributed by atoms with Gasteiger partial charge >= 0.3 is 0 Å². The first-order valence-corrected chi connectivity index (χ1v) is 6.40. The number of nitrogens with zero attached hydrogens (tertiary/aromatic N) is 3. The average Bonchev–Trinajstić information content (AvgIpc) is 2.95. The lowest BCUT2D eigenvalue weighted by molar-refractivity contribution is -0.192. The zero-order valence-corrected chi connectivity index (χ0v) is 10.2. The van der Waals surface area contributed by atoms with E-state index in [0.29, 0.717) is 6.61 Å². The summed E-state index contributed by atoms with van der Waals surface area (Å²) in [4.78, 5) is 3.93. The predicted octanol–water partition coefficient (Wildman–Crippen LogP) is 1.60. The third kappa shape index (κ3) is 2.35. The molecule has 1 unspecified atom stereocenters. The maximum atomic E-state index is 6.10. The molecule has 0 N–H and O–H groups in total. The van der Waals surface area contributed by atoms with Crippen molar-refractivity contribution < 1.29 is 9.47 Å². The summed E-state index contributed by atoms with van der Waals surface area (Å²) in [7, 11) is 0. The molecule has 94 valence electrons. The van der Waals surface area contributed by atoms with E-state index in [9.17, 15) is 0 Å². The predicted molar refractivity (Wildman–Crippen MR) is 61.2 cm³/mol. The van der Waals surface area contributed by atoms with Crippen molar-refractivity contribution in [2.45, 2.75) is 51.0 Å². The van der Waals surface area contributed by atoms with Gasteiger partial charge < -0.3 is 9.47 Å². The highest BCUT2D eigenvalue weighted by atomic mass is 16.7. The molecule has 17 heavy (non-hydrogen) atoms. The number of rotatable bonds is 2. The highest BCUT2D eigenvalue weighted by Gasteiger charge is 2.43. The summed E-state index contributed by atoms with van der Waals surface area (Å²) in [6.07, 6.45) is 7.85. The lowest BCUT2D eigenvalue weighted by Gasteiger charge is -2.34. The Bertz CT molecular complexity index is 358. The summed E-state index contributed by atoms with van der Waals surface area (Å²) in [5.74, 6) is 0.514. The Morgan fingerprint density at radius 2 is 2.24 bits per heavy atom. The lowest BCUT2D eigenvalue weighted by Crippen LogP contribution is -2.35. The van der Waals surface area contributed by atoms with E-state index in [1.807, 2.05) is 0 Å². The second-order valence-electron chi connectivity index (χ2n) is 5.26. The van der Waals surface area contributed by atoms with Crippen molar-refractivity contribution in [3.63, 3.8) is 0 Å². The van der Waals surface area contributed by atoms with Crippen LogP contribution in [0.5, 0.6) is 0 Å². The molecule has 1 saturated heterocycles. The van der Waals surface area contributed by atoms with Gasteiger partial charge in [-0.2, -0.15) is 5.10 Å². The Morgan fingerprint density at radius 1 is 1.41 bits per heavy atom. The van der Waals surface area contributed by atoms with Crippen molar-refractivity contribution in [2.24, 2.45) is 5.92 Å². The zero-order chi connectivity index (χ0) is 11.7. The van der Waals surface area contributed by atoms with Crippen LogP contribution in [0.3, 0.4) is 0 Å². The van der Waals surface area contributed by atoms with Crippen LogP contribution in [0.4, 0.5) is 0 Å². The van der Waals surface area contributed by atoms with Gasteiger partial charge in [0.25, 0.3) is 0 Å². The second kappa shape index (κ2) is 4.38. The minimum Gasteiger partial charge on any atom is -0.347 e. The fourth-order valence-corrected chi connectivity index (χ4v) is 2.71. The van der Waals surface area contributed by atoms with Gasteiger partial charge in [-0.1, -0.05) is 6.92 Å². The minimum absolute atomic E-state index is 0.116. The van der Waals surface area contributed by atoms with E-state index < -0.39 is 0 Å². The van der Waals surface area contributed by atoms with Crippen LogP contribution in [-0.2, 0) is 16.0 Å². The van der Waals surface area contributed by atoms with Gasteiger partial charge in [0.05, 0.1) is 13.2 Å². The number of hydrogen-bond acceptors (Lipinski definition) is 4. The van der Waals surface area contributed by atoms with Gasteiger partial charge in [0.1, 0.15) is 18.8 Å². The maximum absolute atomic E-state index is 6.10. The molecule has 1 aliphatic heterocycles. The van der Waals surface area contributed by atoms with E-state index in [-0.39, 0.29) is 11.9 Å². The molecule has 0 amide bonds. The van der Waals surface area contributed by atoms with Gasteiger partial charge in [0, 0.05) is 12.8 Å². The molecule has 0 aromatic carbocycles. The monoisotopic (exact) mass is 237 g/mol. The first kappa shape index (κ1) is 11.2. The van der Waals surface area contributed by atoms with Crippen molar-refractivity contribution in [3.05, 3.63) is 12.7 Å². The highest BCUT2D eigenvalue weighted by molar-refractivity contribution is 4.84. The van der Waals surface area contributed by atoms with E-state index in [1.165, 1.54) is 12.8 Å². The van der Waals surface area contributed by atoms with Crippen LogP contribution in [0.25, 0.3) is 0 Å². The molecule has 1 aromatic rings. The molecule has 0 bridgehead atoms. The summed E-state index contributed by atoms with van der Waals surface area (Å²) in [6, 6.07) is 0. The molecule has 1 saturated carbocycles. The van der Waals surface area contributed by atoms with Gasteiger partial charge in [0.15, 0.2) is 5.79 Å². The van der Waals surface area contributed by atoms with Crippen LogP contribution in [0.2, 0.25) is 0 Å². The van der Waals surface area contributed by atoms with Crippen molar-refractivity contribution in [1.82, 2.24) is 14.8 Å². The van der Waals surface area contributed by atoms with Crippen LogP contribution in [0.1, 0.15) is 32.6 Å². The molecule has 2 fully saturated rings. The number of ether oxygens (including phenoxy) is 2. The van der Waals surface area contributed by atoms with E-state index in [1.54, 1.807) is 17.3 Å². The molecule has 1 aromatic heterocycles. The SMILES string of the molecule is CC1CCC2(CC1)OCC(Cn1cncn1)O2. The van der Waals surface area contributed by atoms with Gasteiger partial charge in [-0.25, -0.2) is 4.98 Å². The van der Waals surface area contributed by atoms with Crippen LogP contribution >= 0.6 is 0 Å². The van der Waals surface area contributed by atoms with Crippen molar-refractivity contribution >= 4 is 0 Å². The highest BCUT2D eigenvalue weighted by Crippen LogP contribution is 2.39. The summed E-state index contributed by atoms with van der Waals surface area (Å²) in [5.41, 5.74) is 0. The fraction of sp³-hybridized carbons (Fsp3) is 0.833. The minimum atomic E-state index is -0.294. The molecule has 1 atom stereocenters. The van der Waals surface area contributed by atoms with E-state index >= 15 is 0 Å². The fourth-order valence-electron chi connectivity index (χ4n) is 2.71. The largest absolute Gasteiger partial charge is 0.347 e. The quantitative estimate of drug-likeness (QED) is 0.784. The lowest BCUT2D eigenvalue weighted by atomic mass is 9.86. The van der Waals surface area contributed by atoms with E-state index in [0.717, 1.165) is 25.3 Å². The van der Waals surface area contributed by atoms with Crippen LogP contribution in [-0.4, -0.2) is 33.3 Å². The number of aromatic nitrogens is 3. The molecule has 1 spiro atoms. The summed E-state index contributed by atoms with van der Waals surface area (Å²) in [5, 5.41) is 4.10. The molecule has 5 nitrogen and oxygen atoms in total. The summed E-state index contributed by atoms with van der Waals surface area (Å²) < 4.78 is 13.8. The molecule has 1 aliphatic carbocycles. The average molecular weight is 237 g/mol. The standard InChI is InChI=1S/C12H19N3O2/c1-10-2-4-12(5-3-10)16-7-11(17-12)6-15-9-13-8-14-15/h8-11H,2-7H2,1H3. The molecule has 2 aliphatic rings. The van der Waals surface area contributed by atoms with Gasteiger partial charge in [-0.15, -0.1) is 0 Å². The van der Waals surface area contributed by atoms with Gasteiger partial charge in [-0.3, -0.25) is 4.68 Å². The Morgan fingerprint density at radius 3 is 2.94 bits per heavy atom. The summed E-state index contributed by atoms with van der Waals surface area (Å²) in [6.45, 7) is 3.71. The Hall–Kier alpha value is -0.940. The molecule has 0 radical (unpaired) electrons. The molecular formula is C12H19N3O2. The van der Waals surface area contributed by atoms with E-state index in [4.69, 9.17) is 9.47 Å². The third-order valence-corrected chi connectivity index (χ3v) is 3.81. The Kier molecular flexibility index (Phi) is 2.88. The van der Waals surface area contributed by atoms with Gasteiger partial charge in [-0.05, 0) is 18.8 Å². The molecular weight excluding hydrogens is 218 g/mol. The topological polar surface area (TPSA) is 49.2 Å².